The van der Waals surface area contributed by atoms with E-state index in [1.54, 1.807) is 0 Å². The van der Waals surface area contributed by atoms with Crippen molar-refractivity contribution in [2.45, 2.75) is 6.42 Å². The molecule has 0 unspecified atom stereocenters. The summed E-state index contributed by atoms with van der Waals surface area (Å²) < 4.78 is 17.7. The van der Waals surface area contributed by atoms with Gasteiger partial charge in [-0.15, -0.1) is 0 Å². The molecule has 1 aromatic rings. The number of ether oxygens (including phenoxy) is 1. The lowest BCUT2D eigenvalue weighted by Crippen LogP contribution is -2.27. The highest BCUT2D eigenvalue weighted by Gasteiger charge is 2.12. The maximum Gasteiger partial charge on any atom is 0.307 e. The summed E-state index contributed by atoms with van der Waals surface area (Å²) >= 11 is 0. The molecular formula is C11H13FN2O3. The van der Waals surface area contributed by atoms with Gasteiger partial charge in [0.15, 0.2) is 0 Å². The van der Waals surface area contributed by atoms with Crippen LogP contribution in [0.2, 0.25) is 0 Å². The number of methoxy groups -OCH3 is 1. The summed E-state index contributed by atoms with van der Waals surface area (Å²) in [5.74, 6) is -1.72. The van der Waals surface area contributed by atoms with Crippen LogP contribution in [0.4, 0.5) is 10.1 Å². The van der Waals surface area contributed by atoms with Crippen LogP contribution in [0.25, 0.3) is 0 Å². The van der Waals surface area contributed by atoms with Gasteiger partial charge in [0.2, 0.25) is 0 Å². The van der Waals surface area contributed by atoms with Crippen LogP contribution in [-0.4, -0.2) is 25.5 Å². The van der Waals surface area contributed by atoms with E-state index in [1.807, 2.05) is 0 Å². The Morgan fingerprint density at radius 1 is 1.47 bits per heavy atom. The third kappa shape index (κ3) is 3.75. The van der Waals surface area contributed by atoms with Crippen molar-refractivity contribution in [3.8, 4) is 0 Å². The molecule has 0 aromatic heterocycles. The Kier molecular flexibility index (Phi) is 4.45. The number of nitrogens with two attached hydrogens (primary N) is 1. The molecule has 0 bridgehead atoms. The zero-order valence-corrected chi connectivity index (χ0v) is 9.33. The van der Waals surface area contributed by atoms with Crippen molar-refractivity contribution in [1.29, 1.82) is 0 Å². The molecule has 1 rings (SSSR count). The van der Waals surface area contributed by atoms with E-state index in [2.05, 4.69) is 10.1 Å². The van der Waals surface area contributed by atoms with E-state index in [0.717, 1.165) is 6.07 Å². The van der Waals surface area contributed by atoms with Gasteiger partial charge in [0.1, 0.15) is 5.82 Å². The molecule has 1 amide bonds. The third-order valence-electron chi connectivity index (χ3n) is 2.08. The fraction of sp³-hybridized carbons (Fsp3) is 0.273. The maximum absolute atomic E-state index is 13.3. The zero-order valence-electron chi connectivity index (χ0n) is 9.33. The number of anilines is 1. The molecule has 92 valence electrons. The predicted molar refractivity (Wildman–Crippen MR) is 59.8 cm³/mol. The fourth-order valence-electron chi connectivity index (χ4n) is 1.19. The number of nitrogen functional groups attached to an aromatic ring is 1. The molecule has 0 spiro atoms. The first-order valence-corrected chi connectivity index (χ1v) is 4.94. The van der Waals surface area contributed by atoms with Crippen LogP contribution in [-0.2, 0) is 9.53 Å². The second kappa shape index (κ2) is 5.83. The van der Waals surface area contributed by atoms with E-state index in [4.69, 9.17) is 5.73 Å². The quantitative estimate of drug-likeness (QED) is 0.599. The summed E-state index contributed by atoms with van der Waals surface area (Å²) in [4.78, 5) is 22.3. The van der Waals surface area contributed by atoms with Crippen LogP contribution in [0, 0.1) is 5.82 Å². The van der Waals surface area contributed by atoms with Gasteiger partial charge in [0.25, 0.3) is 5.91 Å². The SMILES string of the molecule is COC(=O)CCNC(=O)c1cc(N)ccc1F. The molecule has 5 nitrogen and oxygen atoms in total. The number of amides is 1. The lowest BCUT2D eigenvalue weighted by atomic mass is 10.1. The normalized spacial score (nSPS) is 9.76. The zero-order chi connectivity index (χ0) is 12.8. The summed E-state index contributed by atoms with van der Waals surface area (Å²) in [7, 11) is 1.25. The molecule has 0 aliphatic rings. The van der Waals surface area contributed by atoms with Gasteiger partial charge in [-0.25, -0.2) is 4.39 Å². The molecule has 17 heavy (non-hydrogen) atoms. The first-order valence-electron chi connectivity index (χ1n) is 4.94. The van der Waals surface area contributed by atoms with Crippen molar-refractivity contribution < 1.29 is 18.7 Å². The van der Waals surface area contributed by atoms with Gasteiger partial charge in [0, 0.05) is 12.2 Å². The molecule has 1 aromatic carbocycles. The molecule has 0 aliphatic heterocycles. The van der Waals surface area contributed by atoms with Crippen LogP contribution < -0.4 is 11.1 Å². The molecule has 0 heterocycles. The van der Waals surface area contributed by atoms with Crippen molar-refractivity contribution in [1.82, 2.24) is 5.32 Å². The van der Waals surface area contributed by atoms with Crippen LogP contribution >= 0.6 is 0 Å². The Bertz CT molecular complexity index is 435. The van der Waals surface area contributed by atoms with Crippen LogP contribution in [0.1, 0.15) is 16.8 Å². The maximum atomic E-state index is 13.3. The minimum absolute atomic E-state index is 0.0339. The highest BCUT2D eigenvalue weighted by molar-refractivity contribution is 5.95. The summed E-state index contributed by atoms with van der Waals surface area (Å²) in [6.07, 6.45) is 0.0339. The Morgan fingerprint density at radius 3 is 2.82 bits per heavy atom. The number of esters is 1. The minimum Gasteiger partial charge on any atom is -0.469 e. The van der Waals surface area contributed by atoms with E-state index >= 15 is 0 Å². The van der Waals surface area contributed by atoms with Crippen molar-refractivity contribution in [3.63, 3.8) is 0 Å². The smallest absolute Gasteiger partial charge is 0.307 e. The molecule has 3 N–H and O–H groups in total. The Labute approximate surface area is 97.7 Å². The topological polar surface area (TPSA) is 81.4 Å². The van der Waals surface area contributed by atoms with Crippen LogP contribution in [0.15, 0.2) is 18.2 Å². The van der Waals surface area contributed by atoms with Gasteiger partial charge in [-0.2, -0.15) is 0 Å². The van der Waals surface area contributed by atoms with Gasteiger partial charge in [-0.05, 0) is 18.2 Å². The molecule has 0 saturated heterocycles. The predicted octanol–water partition coefficient (Wildman–Crippen LogP) is 0.701. The van der Waals surface area contributed by atoms with Crippen molar-refractivity contribution >= 4 is 17.6 Å². The second-order valence-electron chi connectivity index (χ2n) is 3.32. The van der Waals surface area contributed by atoms with Gasteiger partial charge >= 0.3 is 5.97 Å². The molecule has 0 atom stereocenters. The van der Waals surface area contributed by atoms with Crippen molar-refractivity contribution in [3.05, 3.63) is 29.6 Å². The van der Waals surface area contributed by atoms with Crippen molar-refractivity contribution in [2.75, 3.05) is 19.4 Å². The molecule has 0 aliphatic carbocycles. The Hall–Kier alpha value is -2.11. The number of nitrogens with one attached hydrogen (secondary N) is 1. The standard InChI is InChI=1S/C11H13FN2O3/c1-17-10(15)4-5-14-11(16)8-6-7(13)2-3-9(8)12/h2-3,6H,4-5,13H2,1H3,(H,14,16). The third-order valence-corrected chi connectivity index (χ3v) is 2.08. The van der Waals surface area contributed by atoms with Gasteiger partial charge in [-0.3, -0.25) is 9.59 Å². The number of halogens is 1. The summed E-state index contributed by atoms with van der Waals surface area (Å²) in [5, 5.41) is 2.40. The average Bonchev–Trinajstić information content (AvgIpc) is 2.31. The largest absolute Gasteiger partial charge is 0.469 e. The fourth-order valence-corrected chi connectivity index (χ4v) is 1.19. The Morgan fingerprint density at radius 2 is 2.18 bits per heavy atom. The molecule has 0 radical (unpaired) electrons. The molecule has 6 heteroatoms. The van der Waals surface area contributed by atoms with Crippen LogP contribution in [0.3, 0.4) is 0 Å². The summed E-state index contributed by atoms with van der Waals surface area (Å²) in [6, 6.07) is 3.72. The molecule has 0 fully saturated rings. The van der Waals surface area contributed by atoms with E-state index in [9.17, 15) is 14.0 Å². The number of carbonyl (C=O) groups is 2. The summed E-state index contributed by atoms with van der Waals surface area (Å²) in [6.45, 7) is 0.0831. The van der Waals surface area contributed by atoms with Gasteiger partial charge in [-0.1, -0.05) is 0 Å². The first-order chi connectivity index (χ1) is 8.04. The number of benzene rings is 1. The minimum atomic E-state index is -0.658. The lowest BCUT2D eigenvalue weighted by molar-refractivity contribution is -0.140. The van der Waals surface area contributed by atoms with Gasteiger partial charge < -0.3 is 15.8 Å². The molecular weight excluding hydrogens is 227 g/mol. The first kappa shape index (κ1) is 13.0. The van der Waals surface area contributed by atoms with E-state index < -0.39 is 17.7 Å². The highest BCUT2D eigenvalue weighted by atomic mass is 19.1. The number of carbonyl (C=O) groups excluding carboxylic acids is 2. The van der Waals surface area contributed by atoms with Crippen LogP contribution in [0.5, 0.6) is 0 Å². The van der Waals surface area contributed by atoms with E-state index in [-0.39, 0.29) is 18.5 Å². The number of hydrogen-bond acceptors (Lipinski definition) is 4. The Balaban J connectivity index is 2.58. The van der Waals surface area contributed by atoms with Gasteiger partial charge in [0.05, 0.1) is 19.1 Å². The number of rotatable bonds is 4. The molecule has 0 saturated carbocycles. The number of hydrogen-bond donors (Lipinski definition) is 2. The van der Waals surface area contributed by atoms with E-state index in [0.29, 0.717) is 5.69 Å². The lowest BCUT2D eigenvalue weighted by Gasteiger charge is -2.06. The monoisotopic (exact) mass is 240 g/mol. The van der Waals surface area contributed by atoms with E-state index in [1.165, 1.54) is 19.2 Å². The summed E-state index contributed by atoms with van der Waals surface area (Å²) in [5.41, 5.74) is 5.60. The average molecular weight is 240 g/mol. The second-order valence-corrected chi connectivity index (χ2v) is 3.32. The highest BCUT2D eigenvalue weighted by Crippen LogP contribution is 2.11. The van der Waals surface area contributed by atoms with Crippen molar-refractivity contribution in [2.24, 2.45) is 0 Å².